The number of likely N-dealkylation sites (tertiary alicyclic amines) is 1. The number of rotatable bonds is 2. The van der Waals surface area contributed by atoms with Gasteiger partial charge < -0.3 is 19.9 Å². The van der Waals surface area contributed by atoms with Crippen LogP contribution in [0, 0.1) is 0 Å². The molecule has 0 aliphatic carbocycles. The summed E-state index contributed by atoms with van der Waals surface area (Å²) in [4.78, 5) is 40.0. The molecule has 3 amide bonds. The van der Waals surface area contributed by atoms with Crippen molar-refractivity contribution in [3.8, 4) is 0 Å². The van der Waals surface area contributed by atoms with Crippen LogP contribution in [0.2, 0.25) is 0 Å². The fraction of sp³-hybridized carbons (Fsp3) is 0.526. The minimum absolute atomic E-state index is 0.0999. The molecule has 0 spiro atoms. The van der Waals surface area contributed by atoms with Gasteiger partial charge in [0.1, 0.15) is 0 Å². The van der Waals surface area contributed by atoms with Crippen molar-refractivity contribution in [1.82, 2.24) is 10.2 Å². The smallest absolute Gasteiger partial charge is 0.409 e. The van der Waals surface area contributed by atoms with E-state index in [0.717, 1.165) is 24.1 Å². The summed E-state index contributed by atoms with van der Waals surface area (Å²) < 4.78 is 4.99. The highest BCUT2D eigenvalue weighted by molar-refractivity contribution is 6.40. The van der Waals surface area contributed by atoms with Crippen molar-refractivity contribution >= 4 is 23.6 Å². The number of fused-ring (bicyclic) bond motifs is 1. The van der Waals surface area contributed by atoms with Gasteiger partial charge in [-0.3, -0.25) is 9.59 Å². The number of piperidine rings is 1. The number of ether oxygens (including phenoxy) is 1. The number of aryl methyl sites for hydroxylation is 1. The average molecular weight is 359 g/mol. The molecule has 0 atom stereocenters. The van der Waals surface area contributed by atoms with Crippen molar-refractivity contribution < 1.29 is 19.1 Å². The van der Waals surface area contributed by atoms with Gasteiger partial charge in [0.15, 0.2) is 0 Å². The lowest BCUT2D eigenvalue weighted by Gasteiger charge is -2.32. The predicted molar refractivity (Wildman–Crippen MR) is 96.9 cm³/mol. The zero-order valence-corrected chi connectivity index (χ0v) is 15.1. The maximum atomic E-state index is 12.6. The highest BCUT2D eigenvalue weighted by Gasteiger charge is 2.30. The molecule has 0 aromatic heterocycles. The Hall–Kier alpha value is -2.57. The number of benzene rings is 1. The van der Waals surface area contributed by atoms with Crippen molar-refractivity contribution in [2.75, 3.05) is 31.1 Å². The van der Waals surface area contributed by atoms with E-state index in [1.807, 2.05) is 24.3 Å². The molecule has 0 saturated carbocycles. The summed E-state index contributed by atoms with van der Waals surface area (Å²) in [6, 6.07) is 7.62. The molecule has 26 heavy (non-hydrogen) atoms. The van der Waals surface area contributed by atoms with Crippen LogP contribution in [-0.4, -0.2) is 55.1 Å². The van der Waals surface area contributed by atoms with E-state index in [-0.39, 0.29) is 12.1 Å². The van der Waals surface area contributed by atoms with E-state index < -0.39 is 11.8 Å². The highest BCUT2D eigenvalue weighted by Crippen LogP contribution is 2.26. The fourth-order valence-corrected chi connectivity index (χ4v) is 3.54. The lowest BCUT2D eigenvalue weighted by atomic mass is 10.0. The molecule has 1 aromatic carbocycles. The Labute approximate surface area is 153 Å². The standard InChI is InChI=1S/C19H25N3O4/c1-2-26-19(25)21-12-9-15(10-13-21)20-17(23)18(24)22-11-5-7-14-6-3-4-8-16(14)22/h3-4,6,8,15H,2,5,7,9-13H2,1H3,(H,20,23). The second kappa shape index (κ2) is 8.21. The van der Waals surface area contributed by atoms with Crippen LogP contribution >= 0.6 is 0 Å². The molecule has 3 rings (SSSR count). The van der Waals surface area contributed by atoms with Gasteiger partial charge in [-0.05, 0) is 44.2 Å². The topological polar surface area (TPSA) is 79.0 Å². The number of nitrogens with zero attached hydrogens (tertiary/aromatic N) is 2. The van der Waals surface area contributed by atoms with Crippen molar-refractivity contribution in [1.29, 1.82) is 0 Å². The van der Waals surface area contributed by atoms with E-state index in [1.165, 1.54) is 0 Å². The molecule has 1 N–H and O–H groups in total. The van der Waals surface area contributed by atoms with Crippen molar-refractivity contribution in [2.45, 2.75) is 38.6 Å². The Morgan fingerprint density at radius 3 is 2.62 bits per heavy atom. The normalized spacial score (nSPS) is 17.4. The monoisotopic (exact) mass is 359 g/mol. The number of anilines is 1. The number of carbonyl (C=O) groups excluding carboxylic acids is 3. The van der Waals surface area contributed by atoms with Gasteiger partial charge in [0.25, 0.3) is 0 Å². The lowest BCUT2D eigenvalue weighted by molar-refractivity contribution is -0.138. The maximum absolute atomic E-state index is 12.6. The minimum Gasteiger partial charge on any atom is -0.450 e. The molecule has 2 heterocycles. The number of hydrogen-bond donors (Lipinski definition) is 1. The third kappa shape index (κ3) is 3.98. The summed E-state index contributed by atoms with van der Waals surface area (Å²) in [7, 11) is 0. The number of para-hydroxylation sites is 1. The molecule has 0 radical (unpaired) electrons. The van der Waals surface area contributed by atoms with Gasteiger partial charge in [0.05, 0.1) is 6.61 Å². The summed E-state index contributed by atoms with van der Waals surface area (Å²) >= 11 is 0. The first-order chi connectivity index (χ1) is 12.6. The van der Waals surface area contributed by atoms with Crippen LogP contribution in [0.15, 0.2) is 24.3 Å². The van der Waals surface area contributed by atoms with E-state index in [9.17, 15) is 14.4 Å². The third-order valence-corrected chi connectivity index (χ3v) is 4.91. The first kappa shape index (κ1) is 18.2. The van der Waals surface area contributed by atoms with Gasteiger partial charge in [-0.1, -0.05) is 18.2 Å². The van der Waals surface area contributed by atoms with E-state index >= 15 is 0 Å². The summed E-state index contributed by atoms with van der Waals surface area (Å²) in [6.45, 7) is 3.72. The first-order valence-electron chi connectivity index (χ1n) is 9.22. The maximum Gasteiger partial charge on any atom is 0.409 e. The van der Waals surface area contributed by atoms with E-state index in [4.69, 9.17) is 4.74 Å². The molecule has 2 aliphatic rings. The Morgan fingerprint density at radius 2 is 1.88 bits per heavy atom. The van der Waals surface area contributed by atoms with Crippen LogP contribution in [0.5, 0.6) is 0 Å². The average Bonchev–Trinajstić information content (AvgIpc) is 2.67. The van der Waals surface area contributed by atoms with Crippen LogP contribution in [0.3, 0.4) is 0 Å². The number of amides is 3. The van der Waals surface area contributed by atoms with Crippen LogP contribution in [-0.2, 0) is 20.7 Å². The molecule has 2 aliphatic heterocycles. The lowest BCUT2D eigenvalue weighted by Crippen LogP contribution is -2.51. The highest BCUT2D eigenvalue weighted by atomic mass is 16.6. The zero-order valence-electron chi connectivity index (χ0n) is 15.1. The minimum atomic E-state index is -0.573. The number of nitrogens with one attached hydrogen (secondary N) is 1. The quantitative estimate of drug-likeness (QED) is 0.815. The van der Waals surface area contributed by atoms with Gasteiger partial charge in [-0.25, -0.2) is 4.79 Å². The van der Waals surface area contributed by atoms with Crippen LogP contribution < -0.4 is 10.2 Å². The second-order valence-corrected chi connectivity index (χ2v) is 6.62. The molecule has 7 nitrogen and oxygen atoms in total. The fourth-order valence-electron chi connectivity index (χ4n) is 3.54. The van der Waals surface area contributed by atoms with Crippen LogP contribution in [0.25, 0.3) is 0 Å². The zero-order chi connectivity index (χ0) is 18.5. The number of hydrogen-bond acceptors (Lipinski definition) is 4. The summed E-state index contributed by atoms with van der Waals surface area (Å²) in [5.41, 5.74) is 1.93. The molecule has 1 fully saturated rings. The predicted octanol–water partition coefficient (Wildman–Crippen LogP) is 1.70. The van der Waals surface area contributed by atoms with Gasteiger partial charge >= 0.3 is 17.9 Å². The molecule has 1 saturated heterocycles. The Kier molecular flexibility index (Phi) is 5.75. The Balaban J connectivity index is 1.55. The van der Waals surface area contributed by atoms with Gasteiger partial charge in [0, 0.05) is 31.4 Å². The molecule has 1 aromatic rings. The summed E-state index contributed by atoms with van der Waals surface area (Å²) in [5.74, 6) is -1.08. The van der Waals surface area contributed by atoms with Crippen molar-refractivity contribution in [2.24, 2.45) is 0 Å². The summed E-state index contributed by atoms with van der Waals surface area (Å²) in [5, 5.41) is 2.83. The summed E-state index contributed by atoms with van der Waals surface area (Å²) in [6.07, 6.45) is 2.70. The van der Waals surface area contributed by atoms with Crippen molar-refractivity contribution in [3.05, 3.63) is 29.8 Å². The Morgan fingerprint density at radius 1 is 1.15 bits per heavy atom. The molecular formula is C19H25N3O4. The molecule has 0 unspecified atom stereocenters. The molecule has 7 heteroatoms. The van der Waals surface area contributed by atoms with Crippen molar-refractivity contribution in [3.63, 3.8) is 0 Å². The Bertz CT molecular complexity index is 683. The van der Waals surface area contributed by atoms with Crippen LogP contribution in [0.4, 0.5) is 10.5 Å². The van der Waals surface area contributed by atoms with E-state index in [2.05, 4.69) is 5.32 Å². The van der Waals surface area contributed by atoms with Gasteiger partial charge in [0.2, 0.25) is 0 Å². The van der Waals surface area contributed by atoms with Gasteiger partial charge in [-0.15, -0.1) is 0 Å². The number of carbonyl (C=O) groups is 3. The molecule has 140 valence electrons. The van der Waals surface area contributed by atoms with Gasteiger partial charge in [-0.2, -0.15) is 0 Å². The largest absolute Gasteiger partial charge is 0.450 e. The SMILES string of the molecule is CCOC(=O)N1CCC(NC(=O)C(=O)N2CCCc3ccccc32)CC1. The first-order valence-corrected chi connectivity index (χ1v) is 9.22. The van der Waals surface area contributed by atoms with E-state index in [0.29, 0.717) is 39.1 Å². The van der Waals surface area contributed by atoms with Crippen LogP contribution in [0.1, 0.15) is 31.7 Å². The molecule has 0 bridgehead atoms. The third-order valence-electron chi connectivity index (χ3n) is 4.91. The second-order valence-electron chi connectivity index (χ2n) is 6.62. The molecular weight excluding hydrogens is 334 g/mol. The van der Waals surface area contributed by atoms with E-state index in [1.54, 1.807) is 16.7 Å².